The quantitative estimate of drug-likeness (QED) is 0.783. The molecule has 1 amide bonds. The Bertz CT molecular complexity index is 719. The van der Waals surface area contributed by atoms with E-state index in [0.29, 0.717) is 0 Å². The maximum Gasteiger partial charge on any atom is 0.234 e. The van der Waals surface area contributed by atoms with Gasteiger partial charge in [-0.1, -0.05) is 54.4 Å². The first-order chi connectivity index (χ1) is 12.2. The standard InChI is InChI=1S/C22H26N2O/c1-17-10-12-19(13-11-17)24-21(18-8-4-2-5-9-18)20(22(24)25)16-23-14-6-3-7-15-23/h2,4-5,8-13,20-21H,3,6-7,14-16H2,1H3/t20-,21-/m1/s1. The van der Waals surface area contributed by atoms with Crippen LogP contribution in [0.5, 0.6) is 0 Å². The molecule has 0 bridgehead atoms. The molecule has 0 aromatic heterocycles. The second kappa shape index (κ2) is 7.01. The first-order valence-electron chi connectivity index (χ1n) is 9.41. The monoisotopic (exact) mass is 334 g/mol. The summed E-state index contributed by atoms with van der Waals surface area (Å²) >= 11 is 0. The van der Waals surface area contributed by atoms with Crippen LogP contribution in [0.15, 0.2) is 54.6 Å². The second-order valence-electron chi connectivity index (χ2n) is 7.37. The number of carbonyl (C=O) groups is 1. The largest absolute Gasteiger partial charge is 0.304 e. The maximum absolute atomic E-state index is 13.0. The van der Waals surface area contributed by atoms with E-state index in [2.05, 4.69) is 60.4 Å². The van der Waals surface area contributed by atoms with Gasteiger partial charge in [0.1, 0.15) is 0 Å². The number of benzene rings is 2. The van der Waals surface area contributed by atoms with Crippen molar-refractivity contribution >= 4 is 11.6 Å². The number of aryl methyl sites for hydroxylation is 1. The van der Waals surface area contributed by atoms with Crippen molar-refractivity contribution in [2.45, 2.75) is 32.2 Å². The second-order valence-corrected chi connectivity index (χ2v) is 7.37. The van der Waals surface area contributed by atoms with E-state index in [0.717, 1.165) is 25.3 Å². The summed E-state index contributed by atoms with van der Waals surface area (Å²) in [4.78, 5) is 17.5. The van der Waals surface area contributed by atoms with Crippen LogP contribution in [0.25, 0.3) is 0 Å². The molecule has 0 spiro atoms. The van der Waals surface area contributed by atoms with Gasteiger partial charge >= 0.3 is 0 Å². The zero-order valence-electron chi connectivity index (χ0n) is 14.9. The topological polar surface area (TPSA) is 23.6 Å². The van der Waals surface area contributed by atoms with Crippen molar-refractivity contribution in [2.75, 3.05) is 24.5 Å². The van der Waals surface area contributed by atoms with E-state index < -0.39 is 0 Å². The third-order valence-electron chi connectivity index (χ3n) is 5.57. The van der Waals surface area contributed by atoms with E-state index in [-0.39, 0.29) is 17.9 Å². The summed E-state index contributed by atoms with van der Waals surface area (Å²) in [6.45, 7) is 5.24. The van der Waals surface area contributed by atoms with Crippen molar-refractivity contribution < 1.29 is 4.79 Å². The molecule has 2 aliphatic rings. The molecular weight excluding hydrogens is 308 g/mol. The van der Waals surface area contributed by atoms with Crippen molar-refractivity contribution in [3.63, 3.8) is 0 Å². The molecule has 130 valence electrons. The average molecular weight is 334 g/mol. The van der Waals surface area contributed by atoms with E-state index >= 15 is 0 Å². The molecule has 2 aliphatic heterocycles. The molecule has 2 atom stereocenters. The Labute approximate surface area is 150 Å². The molecule has 3 heteroatoms. The highest BCUT2D eigenvalue weighted by Crippen LogP contribution is 2.44. The van der Waals surface area contributed by atoms with Crippen LogP contribution in [-0.2, 0) is 4.79 Å². The van der Waals surface area contributed by atoms with Crippen LogP contribution < -0.4 is 4.90 Å². The van der Waals surface area contributed by atoms with Gasteiger partial charge in [0.2, 0.25) is 5.91 Å². The Morgan fingerprint density at radius 1 is 0.920 bits per heavy atom. The number of piperidine rings is 1. The molecule has 0 aliphatic carbocycles. The summed E-state index contributed by atoms with van der Waals surface area (Å²) in [5, 5.41) is 0. The zero-order valence-corrected chi connectivity index (χ0v) is 14.9. The smallest absolute Gasteiger partial charge is 0.234 e. The lowest BCUT2D eigenvalue weighted by Crippen LogP contribution is -2.59. The Morgan fingerprint density at radius 3 is 2.28 bits per heavy atom. The van der Waals surface area contributed by atoms with Gasteiger partial charge in [0.15, 0.2) is 0 Å². The van der Waals surface area contributed by atoms with E-state index in [1.165, 1.54) is 30.4 Å². The third kappa shape index (κ3) is 3.21. The van der Waals surface area contributed by atoms with Crippen LogP contribution in [0.4, 0.5) is 5.69 Å². The van der Waals surface area contributed by atoms with Crippen LogP contribution in [0.3, 0.4) is 0 Å². The Morgan fingerprint density at radius 2 is 1.60 bits per heavy atom. The summed E-state index contributed by atoms with van der Waals surface area (Å²) in [5.41, 5.74) is 3.47. The predicted octanol–water partition coefficient (Wildman–Crippen LogP) is 4.19. The molecule has 0 saturated carbocycles. The lowest BCUT2D eigenvalue weighted by Gasteiger charge is -2.49. The highest BCUT2D eigenvalue weighted by molar-refractivity contribution is 6.03. The maximum atomic E-state index is 13.0. The van der Waals surface area contributed by atoms with Gasteiger partial charge in [-0.25, -0.2) is 0 Å². The number of nitrogens with zero attached hydrogens (tertiary/aromatic N) is 2. The number of anilines is 1. The first kappa shape index (κ1) is 16.3. The van der Waals surface area contributed by atoms with Crippen molar-refractivity contribution in [1.82, 2.24) is 4.90 Å². The number of amides is 1. The van der Waals surface area contributed by atoms with Gasteiger partial charge < -0.3 is 9.80 Å². The fourth-order valence-electron chi connectivity index (χ4n) is 4.17. The van der Waals surface area contributed by atoms with Gasteiger partial charge in [-0.3, -0.25) is 4.79 Å². The molecule has 2 saturated heterocycles. The van der Waals surface area contributed by atoms with Crippen molar-refractivity contribution in [3.8, 4) is 0 Å². The Balaban J connectivity index is 1.60. The third-order valence-corrected chi connectivity index (χ3v) is 5.57. The minimum absolute atomic E-state index is 0.0711. The molecule has 2 heterocycles. The van der Waals surface area contributed by atoms with Crippen molar-refractivity contribution in [1.29, 1.82) is 0 Å². The Kier molecular flexibility index (Phi) is 4.58. The molecule has 0 radical (unpaired) electrons. The molecule has 0 N–H and O–H groups in total. The van der Waals surface area contributed by atoms with Gasteiger partial charge in [-0.2, -0.15) is 0 Å². The average Bonchev–Trinajstić information content (AvgIpc) is 2.66. The lowest BCUT2D eigenvalue weighted by atomic mass is 9.81. The van der Waals surface area contributed by atoms with Gasteiger partial charge in [0, 0.05) is 12.2 Å². The van der Waals surface area contributed by atoms with Crippen molar-refractivity contribution in [2.24, 2.45) is 5.92 Å². The van der Waals surface area contributed by atoms with Crippen molar-refractivity contribution in [3.05, 3.63) is 65.7 Å². The minimum atomic E-state index is 0.0711. The summed E-state index contributed by atoms with van der Waals surface area (Å²) in [5.74, 6) is 0.338. The molecule has 2 aromatic rings. The summed E-state index contributed by atoms with van der Waals surface area (Å²) < 4.78 is 0. The summed E-state index contributed by atoms with van der Waals surface area (Å²) in [6, 6.07) is 19.0. The van der Waals surface area contributed by atoms with Crippen LogP contribution in [0.1, 0.15) is 36.4 Å². The molecule has 3 nitrogen and oxygen atoms in total. The highest BCUT2D eigenvalue weighted by atomic mass is 16.2. The number of β-lactam (4-membered cyclic amide) rings is 1. The first-order valence-corrected chi connectivity index (χ1v) is 9.41. The molecule has 25 heavy (non-hydrogen) atoms. The van der Waals surface area contributed by atoms with E-state index in [4.69, 9.17) is 0 Å². The SMILES string of the molecule is Cc1ccc(N2C(=O)[C@H](CN3CCCCC3)[C@H]2c2ccccc2)cc1. The number of hydrogen-bond acceptors (Lipinski definition) is 2. The van der Waals surface area contributed by atoms with Crippen LogP contribution in [0, 0.1) is 12.8 Å². The van der Waals surface area contributed by atoms with Gasteiger partial charge in [0.25, 0.3) is 0 Å². The zero-order chi connectivity index (χ0) is 17.2. The summed E-state index contributed by atoms with van der Waals surface area (Å²) in [6.07, 6.45) is 3.85. The fraction of sp³-hybridized carbons (Fsp3) is 0.409. The molecule has 2 aromatic carbocycles. The molecule has 0 unspecified atom stereocenters. The highest BCUT2D eigenvalue weighted by Gasteiger charge is 2.49. The lowest BCUT2D eigenvalue weighted by molar-refractivity contribution is -0.131. The summed E-state index contributed by atoms with van der Waals surface area (Å²) in [7, 11) is 0. The minimum Gasteiger partial charge on any atom is -0.304 e. The predicted molar refractivity (Wildman–Crippen MR) is 102 cm³/mol. The van der Waals surface area contributed by atoms with E-state index in [9.17, 15) is 4.79 Å². The molecular formula is C22H26N2O. The van der Waals surface area contributed by atoms with Gasteiger partial charge in [0.05, 0.1) is 12.0 Å². The molecule has 2 fully saturated rings. The number of carbonyl (C=O) groups excluding carboxylic acids is 1. The van der Waals surface area contributed by atoms with Crippen LogP contribution >= 0.6 is 0 Å². The number of hydrogen-bond donors (Lipinski definition) is 0. The Hall–Kier alpha value is -2.13. The van der Waals surface area contributed by atoms with E-state index in [1.807, 2.05) is 11.0 Å². The van der Waals surface area contributed by atoms with Gasteiger partial charge in [-0.05, 0) is 50.6 Å². The number of rotatable bonds is 4. The van der Waals surface area contributed by atoms with Crippen LogP contribution in [0.2, 0.25) is 0 Å². The fourth-order valence-corrected chi connectivity index (χ4v) is 4.17. The molecule has 4 rings (SSSR count). The van der Waals surface area contributed by atoms with E-state index in [1.54, 1.807) is 0 Å². The number of likely N-dealkylation sites (tertiary alicyclic amines) is 1. The van der Waals surface area contributed by atoms with Crippen LogP contribution in [-0.4, -0.2) is 30.4 Å². The van der Waals surface area contributed by atoms with Gasteiger partial charge in [-0.15, -0.1) is 0 Å². The normalized spacial score (nSPS) is 24.2.